The van der Waals surface area contributed by atoms with Crippen LogP contribution in [0.3, 0.4) is 0 Å². The molecule has 0 bridgehead atoms. The Labute approximate surface area is 94.3 Å². The van der Waals surface area contributed by atoms with Crippen molar-refractivity contribution >= 4 is 11.9 Å². The van der Waals surface area contributed by atoms with Crippen LogP contribution in [0.25, 0.3) is 0 Å². The number of nitrogens with one attached hydrogen (secondary N) is 1. The first kappa shape index (κ1) is 12.2. The lowest BCUT2D eigenvalue weighted by Gasteiger charge is -2.11. The van der Waals surface area contributed by atoms with Crippen LogP contribution >= 0.6 is 0 Å². The maximum atomic E-state index is 11.8. The molecule has 2 N–H and O–H groups in total. The molecule has 1 amide bonds. The average molecular weight is 221 g/mol. The van der Waals surface area contributed by atoms with Gasteiger partial charge in [-0.1, -0.05) is 25.1 Å². The van der Waals surface area contributed by atoms with Crippen LogP contribution in [-0.4, -0.2) is 23.0 Å². The van der Waals surface area contributed by atoms with Crippen molar-refractivity contribution in [2.24, 2.45) is 0 Å². The van der Waals surface area contributed by atoms with Gasteiger partial charge in [0.2, 0.25) is 0 Å². The molecule has 1 aromatic rings. The highest BCUT2D eigenvalue weighted by atomic mass is 16.4. The molecule has 16 heavy (non-hydrogen) atoms. The highest BCUT2D eigenvalue weighted by Crippen LogP contribution is 2.09. The van der Waals surface area contributed by atoms with Crippen LogP contribution in [-0.2, 0) is 11.2 Å². The van der Waals surface area contributed by atoms with Gasteiger partial charge in [-0.3, -0.25) is 9.59 Å². The summed E-state index contributed by atoms with van der Waals surface area (Å²) in [6.07, 6.45) is 0.741. The molecule has 4 heteroatoms. The van der Waals surface area contributed by atoms with Gasteiger partial charge in [0.05, 0.1) is 0 Å². The van der Waals surface area contributed by atoms with E-state index < -0.39 is 12.0 Å². The fraction of sp³-hybridized carbons (Fsp3) is 0.333. The summed E-state index contributed by atoms with van der Waals surface area (Å²) < 4.78 is 0. The van der Waals surface area contributed by atoms with E-state index in [0.29, 0.717) is 5.56 Å². The molecule has 0 aromatic heterocycles. The molecule has 0 aliphatic carbocycles. The van der Waals surface area contributed by atoms with Gasteiger partial charge in [0, 0.05) is 5.56 Å². The Morgan fingerprint density at radius 3 is 2.56 bits per heavy atom. The zero-order valence-electron chi connectivity index (χ0n) is 9.36. The van der Waals surface area contributed by atoms with Gasteiger partial charge in [-0.25, -0.2) is 0 Å². The second-order valence-corrected chi connectivity index (χ2v) is 3.54. The Morgan fingerprint density at radius 1 is 1.38 bits per heavy atom. The molecule has 1 atom stereocenters. The molecule has 0 spiro atoms. The largest absolute Gasteiger partial charge is 0.480 e. The lowest BCUT2D eigenvalue weighted by Crippen LogP contribution is -2.38. The number of hydrogen-bond donors (Lipinski definition) is 2. The van der Waals surface area contributed by atoms with Crippen molar-refractivity contribution in [2.75, 3.05) is 0 Å². The van der Waals surface area contributed by atoms with E-state index in [4.69, 9.17) is 5.11 Å². The van der Waals surface area contributed by atoms with Crippen LogP contribution in [0.5, 0.6) is 0 Å². The van der Waals surface area contributed by atoms with Crippen molar-refractivity contribution in [1.82, 2.24) is 5.32 Å². The van der Waals surface area contributed by atoms with Crippen LogP contribution in [0.15, 0.2) is 24.3 Å². The maximum absolute atomic E-state index is 11.8. The van der Waals surface area contributed by atoms with Gasteiger partial charge >= 0.3 is 5.97 Å². The van der Waals surface area contributed by atoms with Crippen molar-refractivity contribution in [3.63, 3.8) is 0 Å². The molecule has 0 aliphatic rings. The number of rotatable bonds is 4. The molecule has 0 fully saturated rings. The van der Waals surface area contributed by atoms with Crippen molar-refractivity contribution in [3.8, 4) is 0 Å². The maximum Gasteiger partial charge on any atom is 0.325 e. The predicted molar refractivity (Wildman–Crippen MR) is 60.4 cm³/mol. The molecule has 0 unspecified atom stereocenters. The summed E-state index contributed by atoms with van der Waals surface area (Å²) in [4.78, 5) is 22.4. The minimum absolute atomic E-state index is 0.340. The number of aryl methyl sites for hydroxylation is 1. The molecule has 0 aliphatic heterocycles. The van der Waals surface area contributed by atoms with Gasteiger partial charge in [-0.05, 0) is 25.0 Å². The Kier molecular flexibility index (Phi) is 4.05. The van der Waals surface area contributed by atoms with Crippen LogP contribution in [0, 0.1) is 0 Å². The normalized spacial score (nSPS) is 11.9. The molecule has 0 saturated carbocycles. The van der Waals surface area contributed by atoms with Gasteiger partial charge in [0.25, 0.3) is 5.91 Å². The van der Waals surface area contributed by atoms with E-state index in [9.17, 15) is 9.59 Å². The van der Waals surface area contributed by atoms with E-state index in [-0.39, 0.29) is 5.91 Å². The Morgan fingerprint density at radius 2 is 2.00 bits per heavy atom. The Balaban J connectivity index is 2.84. The summed E-state index contributed by atoms with van der Waals surface area (Å²) in [6, 6.07) is 6.30. The van der Waals surface area contributed by atoms with E-state index in [0.717, 1.165) is 12.0 Å². The van der Waals surface area contributed by atoms with Gasteiger partial charge < -0.3 is 10.4 Å². The first-order valence-corrected chi connectivity index (χ1v) is 5.17. The summed E-state index contributed by atoms with van der Waals surface area (Å²) >= 11 is 0. The fourth-order valence-corrected chi connectivity index (χ4v) is 1.39. The van der Waals surface area contributed by atoms with Crippen molar-refractivity contribution in [3.05, 3.63) is 35.4 Å². The molecule has 86 valence electrons. The summed E-state index contributed by atoms with van der Waals surface area (Å²) in [5, 5.41) is 11.1. The number of benzene rings is 1. The number of amides is 1. The summed E-state index contributed by atoms with van der Waals surface area (Å²) in [5.41, 5.74) is 1.45. The van der Waals surface area contributed by atoms with Crippen LogP contribution < -0.4 is 5.32 Å². The topological polar surface area (TPSA) is 66.4 Å². The SMILES string of the molecule is CCc1ccccc1C(=O)N[C@@H](C)C(=O)O. The number of carboxylic acid groups (broad SMARTS) is 1. The lowest BCUT2D eigenvalue weighted by molar-refractivity contribution is -0.138. The molecule has 1 rings (SSSR count). The zero-order chi connectivity index (χ0) is 12.1. The molecule has 0 heterocycles. The van der Waals surface area contributed by atoms with Crippen molar-refractivity contribution < 1.29 is 14.7 Å². The van der Waals surface area contributed by atoms with Crippen molar-refractivity contribution in [1.29, 1.82) is 0 Å². The molecule has 4 nitrogen and oxygen atoms in total. The summed E-state index contributed by atoms with van der Waals surface area (Å²) in [7, 11) is 0. The molecule has 0 saturated heterocycles. The van der Waals surface area contributed by atoms with E-state index >= 15 is 0 Å². The monoisotopic (exact) mass is 221 g/mol. The molecule has 0 radical (unpaired) electrons. The Hall–Kier alpha value is -1.84. The first-order valence-electron chi connectivity index (χ1n) is 5.17. The third-order valence-corrected chi connectivity index (χ3v) is 2.36. The van der Waals surface area contributed by atoms with Gasteiger partial charge in [0.1, 0.15) is 6.04 Å². The second-order valence-electron chi connectivity index (χ2n) is 3.54. The number of aliphatic carboxylic acids is 1. The molecular formula is C12H15NO3. The van der Waals surface area contributed by atoms with Crippen LogP contribution in [0.4, 0.5) is 0 Å². The number of carboxylic acids is 1. The first-order chi connectivity index (χ1) is 7.56. The number of carbonyl (C=O) groups excluding carboxylic acids is 1. The minimum Gasteiger partial charge on any atom is -0.480 e. The molecule has 1 aromatic carbocycles. The third kappa shape index (κ3) is 2.82. The predicted octanol–water partition coefficient (Wildman–Crippen LogP) is 1.45. The summed E-state index contributed by atoms with van der Waals surface area (Å²) in [5.74, 6) is -1.38. The highest BCUT2D eigenvalue weighted by Gasteiger charge is 2.16. The van der Waals surface area contributed by atoms with Gasteiger partial charge in [0.15, 0.2) is 0 Å². The fourth-order valence-electron chi connectivity index (χ4n) is 1.39. The van der Waals surface area contributed by atoms with Crippen LogP contribution in [0.2, 0.25) is 0 Å². The second kappa shape index (κ2) is 5.30. The number of hydrogen-bond acceptors (Lipinski definition) is 2. The smallest absolute Gasteiger partial charge is 0.325 e. The van der Waals surface area contributed by atoms with E-state index in [1.165, 1.54) is 6.92 Å². The van der Waals surface area contributed by atoms with E-state index in [1.807, 2.05) is 19.1 Å². The standard InChI is InChI=1S/C12H15NO3/c1-3-9-6-4-5-7-10(9)11(14)13-8(2)12(15)16/h4-8H,3H2,1-2H3,(H,13,14)(H,15,16)/t8-/m0/s1. The average Bonchev–Trinajstić information content (AvgIpc) is 2.28. The minimum atomic E-state index is -1.04. The van der Waals surface area contributed by atoms with Gasteiger partial charge in [-0.15, -0.1) is 0 Å². The lowest BCUT2D eigenvalue weighted by atomic mass is 10.0. The van der Waals surface area contributed by atoms with Gasteiger partial charge in [-0.2, -0.15) is 0 Å². The van der Waals surface area contributed by atoms with Crippen LogP contribution in [0.1, 0.15) is 29.8 Å². The Bertz CT molecular complexity index is 401. The van der Waals surface area contributed by atoms with Crippen molar-refractivity contribution in [2.45, 2.75) is 26.3 Å². The zero-order valence-corrected chi connectivity index (χ0v) is 9.36. The number of carbonyl (C=O) groups is 2. The van der Waals surface area contributed by atoms with E-state index in [1.54, 1.807) is 12.1 Å². The highest BCUT2D eigenvalue weighted by molar-refractivity contribution is 5.97. The third-order valence-electron chi connectivity index (χ3n) is 2.36. The summed E-state index contributed by atoms with van der Waals surface area (Å²) in [6.45, 7) is 3.39. The van der Waals surface area contributed by atoms with E-state index in [2.05, 4.69) is 5.32 Å². The molecular weight excluding hydrogens is 206 g/mol. The quantitative estimate of drug-likeness (QED) is 0.808.